The zero-order valence-corrected chi connectivity index (χ0v) is 16.9. The first-order valence-corrected chi connectivity index (χ1v) is 10.1. The van der Waals surface area contributed by atoms with E-state index in [-0.39, 0.29) is 12.1 Å². The normalized spacial score (nSPS) is 18.0. The van der Waals surface area contributed by atoms with Gasteiger partial charge >= 0.3 is 0 Å². The van der Waals surface area contributed by atoms with Crippen LogP contribution in [0.5, 0.6) is 5.88 Å². The van der Waals surface area contributed by atoms with Crippen molar-refractivity contribution >= 4 is 11.9 Å². The number of hydrogen-bond acceptors (Lipinski definition) is 7. The SMILES string of the molecule is N#Cc1ccccc1-c1cnc(NC2CCC(Oc3ncccc3C(N)=O)CC2)nc1. The molecule has 0 spiro atoms. The van der Waals surface area contributed by atoms with Crippen molar-refractivity contribution in [2.24, 2.45) is 5.73 Å². The summed E-state index contributed by atoms with van der Waals surface area (Å²) in [7, 11) is 0. The second-order valence-electron chi connectivity index (χ2n) is 7.41. The summed E-state index contributed by atoms with van der Waals surface area (Å²) >= 11 is 0. The van der Waals surface area contributed by atoms with E-state index in [9.17, 15) is 10.1 Å². The van der Waals surface area contributed by atoms with Crippen LogP contribution in [0.15, 0.2) is 55.0 Å². The molecule has 0 bridgehead atoms. The van der Waals surface area contributed by atoms with Gasteiger partial charge in [0, 0.05) is 35.8 Å². The van der Waals surface area contributed by atoms with Gasteiger partial charge in [-0.3, -0.25) is 4.79 Å². The number of anilines is 1. The third kappa shape index (κ3) is 4.78. The Morgan fingerprint density at radius 3 is 2.52 bits per heavy atom. The van der Waals surface area contributed by atoms with Crippen LogP contribution in [0.3, 0.4) is 0 Å². The molecule has 1 aliphatic rings. The van der Waals surface area contributed by atoms with E-state index in [0.717, 1.165) is 36.8 Å². The summed E-state index contributed by atoms with van der Waals surface area (Å²) in [6.45, 7) is 0. The Morgan fingerprint density at radius 1 is 1.06 bits per heavy atom. The highest BCUT2D eigenvalue weighted by Crippen LogP contribution is 2.27. The molecule has 3 aromatic rings. The van der Waals surface area contributed by atoms with Crippen molar-refractivity contribution in [3.63, 3.8) is 0 Å². The summed E-state index contributed by atoms with van der Waals surface area (Å²) in [6.07, 6.45) is 8.43. The van der Waals surface area contributed by atoms with Crippen molar-refractivity contribution in [1.82, 2.24) is 15.0 Å². The van der Waals surface area contributed by atoms with Gasteiger partial charge in [0.25, 0.3) is 5.91 Å². The molecule has 1 fully saturated rings. The Kier molecular flexibility index (Phi) is 6.03. The molecular weight excluding hydrogens is 392 g/mol. The van der Waals surface area contributed by atoms with Crippen LogP contribution in [-0.4, -0.2) is 33.0 Å². The van der Waals surface area contributed by atoms with Crippen LogP contribution in [0.1, 0.15) is 41.6 Å². The Hall–Kier alpha value is -3.99. The number of benzene rings is 1. The van der Waals surface area contributed by atoms with Crippen LogP contribution in [0.25, 0.3) is 11.1 Å². The number of carbonyl (C=O) groups is 1. The Labute approximate surface area is 180 Å². The quantitative estimate of drug-likeness (QED) is 0.633. The van der Waals surface area contributed by atoms with Gasteiger partial charge in [-0.2, -0.15) is 5.26 Å². The zero-order valence-electron chi connectivity index (χ0n) is 16.9. The minimum absolute atomic E-state index is 0.0168. The molecule has 8 nitrogen and oxygen atoms in total. The number of nitrogens with two attached hydrogens (primary N) is 1. The van der Waals surface area contributed by atoms with E-state index >= 15 is 0 Å². The molecule has 0 unspecified atom stereocenters. The van der Waals surface area contributed by atoms with E-state index in [1.807, 2.05) is 18.2 Å². The van der Waals surface area contributed by atoms with Gasteiger partial charge in [-0.15, -0.1) is 0 Å². The number of rotatable bonds is 6. The van der Waals surface area contributed by atoms with Gasteiger partial charge < -0.3 is 15.8 Å². The molecule has 1 amide bonds. The van der Waals surface area contributed by atoms with Gasteiger partial charge in [0.1, 0.15) is 11.7 Å². The highest BCUT2D eigenvalue weighted by molar-refractivity contribution is 5.94. The van der Waals surface area contributed by atoms with Crippen LogP contribution in [0.2, 0.25) is 0 Å². The molecule has 156 valence electrons. The Morgan fingerprint density at radius 2 is 1.81 bits per heavy atom. The molecule has 2 heterocycles. The van der Waals surface area contributed by atoms with Crippen molar-refractivity contribution < 1.29 is 9.53 Å². The molecule has 1 aromatic carbocycles. The number of pyridine rings is 1. The third-order valence-electron chi connectivity index (χ3n) is 5.33. The molecule has 31 heavy (non-hydrogen) atoms. The largest absolute Gasteiger partial charge is 0.474 e. The van der Waals surface area contributed by atoms with Gasteiger partial charge in [0.15, 0.2) is 0 Å². The average Bonchev–Trinajstić information content (AvgIpc) is 2.81. The molecule has 1 aliphatic carbocycles. The van der Waals surface area contributed by atoms with Gasteiger partial charge in [-0.25, -0.2) is 15.0 Å². The zero-order chi connectivity index (χ0) is 21.6. The fourth-order valence-electron chi connectivity index (χ4n) is 3.71. The minimum Gasteiger partial charge on any atom is -0.474 e. The van der Waals surface area contributed by atoms with E-state index < -0.39 is 5.91 Å². The lowest BCUT2D eigenvalue weighted by Crippen LogP contribution is -2.32. The van der Waals surface area contributed by atoms with Crippen LogP contribution in [0, 0.1) is 11.3 Å². The van der Waals surface area contributed by atoms with Gasteiger partial charge in [0.2, 0.25) is 11.8 Å². The lowest BCUT2D eigenvalue weighted by Gasteiger charge is -2.29. The van der Waals surface area contributed by atoms with Crippen LogP contribution >= 0.6 is 0 Å². The number of hydrogen-bond donors (Lipinski definition) is 2. The number of primary amides is 1. The summed E-state index contributed by atoms with van der Waals surface area (Å²) in [5.74, 6) is 0.308. The predicted molar refractivity (Wildman–Crippen MR) is 115 cm³/mol. The van der Waals surface area contributed by atoms with Crippen LogP contribution in [-0.2, 0) is 0 Å². The highest BCUT2D eigenvalue weighted by atomic mass is 16.5. The Bertz CT molecular complexity index is 1100. The first-order valence-electron chi connectivity index (χ1n) is 10.1. The summed E-state index contributed by atoms with van der Waals surface area (Å²) in [4.78, 5) is 24.5. The molecule has 0 aliphatic heterocycles. The predicted octanol–water partition coefficient (Wildman–Crippen LogP) is 3.31. The third-order valence-corrected chi connectivity index (χ3v) is 5.33. The topological polar surface area (TPSA) is 127 Å². The van der Waals surface area contributed by atoms with Crippen molar-refractivity contribution in [3.8, 4) is 23.1 Å². The number of nitrogens with one attached hydrogen (secondary N) is 1. The second-order valence-corrected chi connectivity index (χ2v) is 7.41. The number of amides is 1. The molecular formula is C23H22N6O2. The first-order chi connectivity index (χ1) is 15.1. The number of aromatic nitrogens is 3. The lowest BCUT2D eigenvalue weighted by molar-refractivity contribution is 0.0983. The lowest BCUT2D eigenvalue weighted by atomic mass is 9.93. The van der Waals surface area contributed by atoms with E-state index in [4.69, 9.17) is 10.5 Å². The first kappa shape index (κ1) is 20.3. The van der Waals surface area contributed by atoms with E-state index in [1.165, 1.54) is 0 Å². The molecule has 1 saturated carbocycles. The maximum absolute atomic E-state index is 11.5. The smallest absolute Gasteiger partial charge is 0.254 e. The van der Waals surface area contributed by atoms with E-state index in [1.54, 1.807) is 36.8 Å². The number of ether oxygens (including phenoxy) is 1. The molecule has 3 N–H and O–H groups in total. The molecule has 4 rings (SSSR count). The van der Waals surface area contributed by atoms with Gasteiger partial charge in [-0.1, -0.05) is 18.2 Å². The van der Waals surface area contributed by atoms with Crippen LogP contribution < -0.4 is 15.8 Å². The van der Waals surface area contributed by atoms with E-state index in [2.05, 4.69) is 26.3 Å². The molecule has 0 atom stereocenters. The number of nitrogens with zero attached hydrogens (tertiary/aromatic N) is 4. The standard InChI is InChI=1S/C23H22N6O2/c24-12-15-4-1-2-5-19(15)16-13-27-23(28-14-16)29-17-7-9-18(10-8-17)31-22-20(21(25)30)6-3-11-26-22/h1-6,11,13-14,17-18H,7-10H2,(H2,25,30)(H,27,28,29). The monoisotopic (exact) mass is 414 g/mol. The van der Waals surface area contributed by atoms with Gasteiger partial charge in [-0.05, 0) is 43.9 Å². The summed E-state index contributed by atoms with van der Waals surface area (Å²) in [5, 5.41) is 12.6. The fourth-order valence-corrected chi connectivity index (χ4v) is 3.71. The number of carbonyl (C=O) groups excluding carboxylic acids is 1. The van der Waals surface area contributed by atoms with Crippen LogP contribution in [0.4, 0.5) is 5.95 Å². The summed E-state index contributed by atoms with van der Waals surface area (Å²) < 4.78 is 5.94. The molecule has 0 radical (unpaired) electrons. The molecule has 8 heteroatoms. The maximum Gasteiger partial charge on any atom is 0.254 e. The molecule has 0 saturated heterocycles. The Balaban J connectivity index is 1.33. The summed E-state index contributed by atoms with van der Waals surface area (Å²) in [6, 6.07) is 13.1. The molecule has 2 aromatic heterocycles. The second kappa shape index (κ2) is 9.22. The van der Waals surface area contributed by atoms with Crippen molar-refractivity contribution in [1.29, 1.82) is 5.26 Å². The van der Waals surface area contributed by atoms with E-state index in [0.29, 0.717) is 23.0 Å². The minimum atomic E-state index is -0.545. The van der Waals surface area contributed by atoms with Gasteiger partial charge in [0.05, 0.1) is 11.6 Å². The summed E-state index contributed by atoms with van der Waals surface area (Å²) in [5.41, 5.74) is 7.91. The fraction of sp³-hybridized carbons (Fsp3) is 0.261. The van der Waals surface area contributed by atoms with Crippen molar-refractivity contribution in [3.05, 3.63) is 66.1 Å². The highest BCUT2D eigenvalue weighted by Gasteiger charge is 2.24. The maximum atomic E-state index is 11.5. The average molecular weight is 414 g/mol. The number of nitriles is 1. The van der Waals surface area contributed by atoms with Crippen molar-refractivity contribution in [2.45, 2.75) is 37.8 Å². The van der Waals surface area contributed by atoms with Crippen molar-refractivity contribution in [2.75, 3.05) is 5.32 Å².